The number of aliphatic imine (C=N–C) groups is 1. The minimum absolute atomic E-state index is 0.213. The summed E-state index contributed by atoms with van der Waals surface area (Å²) in [5, 5.41) is 5.64. The summed E-state index contributed by atoms with van der Waals surface area (Å²) in [4.78, 5) is 6.45. The van der Waals surface area contributed by atoms with Crippen molar-refractivity contribution in [2.24, 2.45) is 4.99 Å². The summed E-state index contributed by atoms with van der Waals surface area (Å²) in [6.45, 7) is 5.39. The molecule has 1 aromatic carbocycles. The van der Waals surface area contributed by atoms with Gasteiger partial charge in [0.15, 0.2) is 5.96 Å². The van der Waals surface area contributed by atoms with Crippen LogP contribution in [0.5, 0.6) is 5.75 Å². The van der Waals surface area contributed by atoms with Crippen molar-refractivity contribution in [1.82, 2.24) is 15.5 Å². The van der Waals surface area contributed by atoms with Gasteiger partial charge in [0.1, 0.15) is 12.4 Å². The van der Waals surface area contributed by atoms with E-state index in [1.807, 2.05) is 38.2 Å². The SMILES string of the molecule is CCNC(=NCc1cccc(OCCN(C)CCOC)c1)NCCC(F)(F)F. The Morgan fingerprint density at radius 3 is 2.61 bits per heavy atom. The number of hydrogen-bond acceptors (Lipinski definition) is 4. The number of nitrogens with one attached hydrogen (secondary N) is 2. The van der Waals surface area contributed by atoms with E-state index in [0.29, 0.717) is 32.3 Å². The first-order valence-electron chi connectivity index (χ1n) is 9.32. The van der Waals surface area contributed by atoms with Gasteiger partial charge in [-0.05, 0) is 31.7 Å². The van der Waals surface area contributed by atoms with E-state index in [1.54, 1.807) is 7.11 Å². The third kappa shape index (κ3) is 11.7. The third-order valence-electron chi connectivity index (χ3n) is 3.78. The van der Waals surface area contributed by atoms with Crippen molar-refractivity contribution in [1.29, 1.82) is 0 Å². The highest BCUT2D eigenvalue weighted by atomic mass is 19.4. The molecule has 0 amide bonds. The van der Waals surface area contributed by atoms with Crippen LogP contribution in [0.4, 0.5) is 13.2 Å². The summed E-state index contributed by atoms with van der Waals surface area (Å²) >= 11 is 0. The fourth-order valence-electron chi connectivity index (χ4n) is 2.25. The number of methoxy groups -OCH3 is 1. The van der Waals surface area contributed by atoms with Crippen LogP contribution in [-0.4, -0.2) is 70.6 Å². The maximum atomic E-state index is 12.3. The number of halogens is 3. The van der Waals surface area contributed by atoms with Crippen LogP contribution < -0.4 is 15.4 Å². The molecule has 6 nitrogen and oxygen atoms in total. The standard InChI is InChI=1S/C19H31F3N4O2/c1-4-23-18(24-9-8-19(20,21)22)25-15-16-6-5-7-17(14-16)28-13-11-26(2)10-12-27-3/h5-7,14H,4,8-13,15H2,1-3H3,(H2,23,24,25). The van der Waals surface area contributed by atoms with Crippen molar-refractivity contribution in [3.63, 3.8) is 0 Å². The lowest BCUT2D eigenvalue weighted by Crippen LogP contribution is -2.38. The molecule has 0 atom stereocenters. The Labute approximate surface area is 165 Å². The minimum Gasteiger partial charge on any atom is -0.492 e. The molecular weight excluding hydrogens is 373 g/mol. The fourth-order valence-corrected chi connectivity index (χ4v) is 2.25. The number of nitrogens with zero attached hydrogens (tertiary/aromatic N) is 2. The molecule has 0 unspecified atom stereocenters. The van der Waals surface area contributed by atoms with Gasteiger partial charge in [0.2, 0.25) is 0 Å². The lowest BCUT2D eigenvalue weighted by Gasteiger charge is -2.16. The van der Waals surface area contributed by atoms with Crippen LogP contribution in [0.1, 0.15) is 18.9 Å². The molecule has 0 radical (unpaired) electrons. The van der Waals surface area contributed by atoms with Crippen LogP contribution in [0, 0.1) is 0 Å². The Bertz CT molecular complexity index is 583. The topological polar surface area (TPSA) is 58.1 Å². The maximum Gasteiger partial charge on any atom is 0.390 e. The van der Waals surface area contributed by atoms with Gasteiger partial charge in [-0.2, -0.15) is 13.2 Å². The van der Waals surface area contributed by atoms with Crippen LogP contribution in [0.2, 0.25) is 0 Å². The molecule has 1 aromatic rings. The molecule has 0 aromatic heterocycles. The van der Waals surface area contributed by atoms with Gasteiger partial charge in [-0.3, -0.25) is 0 Å². The van der Waals surface area contributed by atoms with Gasteiger partial charge in [0, 0.05) is 33.3 Å². The first kappa shape index (κ1) is 24.0. The van der Waals surface area contributed by atoms with Crippen molar-refractivity contribution >= 4 is 5.96 Å². The molecule has 0 aliphatic carbocycles. The average Bonchev–Trinajstić information content (AvgIpc) is 2.64. The lowest BCUT2D eigenvalue weighted by atomic mass is 10.2. The van der Waals surface area contributed by atoms with Gasteiger partial charge < -0.3 is 25.0 Å². The second kappa shape index (κ2) is 13.2. The summed E-state index contributed by atoms with van der Waals surface area (Å²) in [5.41, 5.74) is 0.915. The number of benzene rings is 1. The maximum absolute atomic E-state index is 12.3. The fraction of sp³-hybridized carbons (Fsp3) is 0.632. The van der Waals surface area contributed by atoms with Crippen LogP contribution >= 0.6 is 0 Å². The van der Waals surface area contributed by atoms with Crippen molar-refractivity contribution in [2.45, 2.75) is 26.1 Å². The van der Waals surface area contributed by atoms with Crippen LogP contribution in [0.15, 0.2) is 29.3 Å². The van der Waals surface area contributed by atoms with E-state index >= 15 is 0 Å². The quantitative estimate of drug-likeness (QED) is 0.414. The number of guanidine groups is 1. The van der Waals surface area contributed by atoms with Crippen molar-refractivity contribution < 1.29 is 22.6 Å². The smallest absolute Gasteiger partial charge is 0.390 e. The molecule has 2 N–H and O–H groups in total. The largest absolute Gasteiger partial charge is 0.492 e. The van der Waals surface area contributed by atoms with Gasteiger partial charge in [-0.15, -0.1) is 0 Å². The minimum atomic E-state index is -4.19. The normalized spacial score (nSPS) is 12.3. The second-order valence-electron chi connectivity index (χ2n) is 6.28. The van der Waals surface area contributed by atoms with E-state index in [2.05, 4.69) is 20.5 Å². The Hall–Kier alpha value is -2.00. The highest BCUT2D eigenvalue weighted by molar-refractivity contribution is 5.79. The Morgan fingerprint density at radius 2 is 1.93 bits per heavy atom. The Balaban J connectivity index is 2.51. The first-order valence-corrected chi connectivity index (χ1v) is 9.32. The molecule has 9 heteroatoms. The molecule has 1 rings (SSSR count). The number of hydrogen-bond donors (Lipinski definition) is 2. The van der Waals surface area contributed by atoms with Crippen LogP contribution in [0.25, 0.3) is 0 Å². The second-order valence-corrected chi connectivity index (χ2v) is 6.28. The summed E-state index contributed by atoms with van der Waals surface area (Å²) in [7, 11) is 3.67. The molecule has 0 aliphatic heterocycles. The number of alkyl halides is 3. The molecule has 0 bridgehead atoms. The van der Waals surface area contributed by atoms with E-state index in [1.165, 1.54) is 0 Å². The third-order valence-corrected chi connectivity index (χ3v) is 3.78. The molecule has 160 valence electrons. The molecular formula is C19H31F3N4O2. The Kier molecular flexibility index (Phi) is 11.4. The molecule has 0 saturated heterocycles. The molecule has 0 spiro atoms. The van der Waals surface area contributed by atoms with E-state index in [9.17, 15) is 13.2 Å². The van der Waals surface area contributed by atoms with Crippen molar-refractivity contribution in [3.05, 3.63) is 29.8 Å². The van der Waals surface area contributed by atoms with Gasteiger partial charge >= 0.3 is 6.18 Å². The number of rotatable bonds is 12. The summed E-state index contributed by atoms with van der Waals surface area (Å²) < 4.78 is 47.6. The Morgan fingerprint density at radius 1 is 1.18 bits per heavy atom. The van der Waals surface area contributed by atoms with E-state index < -0.39 is 12.6 Å². The molecule has 0 aliphatic rings. The average molecular weight is 404 g/mol. The monoisotopic (exact) mass is 404 g/mol. The predicted molar refractivity (Wildman–Crippen MR) is 105 cm³/mol. The van der Waals surface area contributed by atoms with Crippen molar-refractivity contribution in [2.75, 3.05) is 53.6 Å². The highest BCUT2D eigenvalue weighted by Crippen LogP contribution is 2.18. The van der Waals surface area contributed by atoms with Crippen molar-refractivity contribution in [3.8, 4) is 5.75 Å². The van der Waals surface area contributed by atoms with Gasteiger partial charge in [-0.25, -0.2) is 4.99 Å². The van der Waals surface area contributed by atoms with Gasteiger partial charge in [0.05, 0.1) is 19.6 Å². The van der Waals surface area contributed by atoms with Gasteiger partial charge in [-0.1, -0.05) is 12.1 Å². The first-order chi connectivity index (χ1) is 13.3. The summed E-state index contributed by atoms with van der Waals surface area (Å²) in [6, 6.07) is 7.53. The van der Waals surface area contributed by atoms with Crippen LogP contribution in [-0.2, 0) is 11.3 Å². The number of ether oxygens (including phenoxy) is 2. The zero-order chi connectivity index (χ0) is 20.8. The number of likely N-dealkylation sites (N-methyl/N-ethyl adjacent to an activating group) is 1. The molecule has 0 saturated carbocycles. The lowest BCUT2D eigenvalue weighted by molar-refractivity contribution is -0.132. The van der Waals surface area contributed by atoms with Gasteiger partial charge in [0.25, 0.3) is 0 Å². The molecule has 28 heavy (non-hydrogen) atoms. The summed E-state index contributed by atoms with van der Waals surface area (Å²) in [6.07, 6.45) is -5.09. The zero-order valence-corrected chi connectivity index (χ0v) is 16.8. The predicted octanol–water partition coefficient (Wildman–Crippen LogP) is 2.65. The molecule has 0 fully saturated rings. The summed E-state index contributed by atoms with van der Waals surface area (Å²) in [5.74, 6) is 1.10. The van der Waals surface area contributed by atoms with Crippen LogP contribution in [0.3, 0.4) is 0 Å². The molecule has 0 heterocycles. The highest BCUT2D eigenvalue weighted by Gasteiger charge is 2.26. The van der Waals surface area contributed by atoms with E-state index in [0.717, 1.165) is 24.4 Å². The zero-order valence-electron chi connectivity index (χ0n) is 16.8. The van der Waals surface area contributed by atoms with E-state index in [-0.39, 0.29) is 6.54 Å². The van der Waals surface area contributed by atoms with E-state index in [4.69, 9.17) is 9.47 Å².